The summed E-state index contributed by atoms with van der Waals surface area (Å²) in [6.45, 7) is 0.905. The predicted octanol–water partition coefficient (Wildman–Crippen LogP) is 3.54. The fourth-order valence-corrected chi connectivity index (χ4v) is 2.71. The van der Waals surface area contributed by atoms with Gasteiger partial charge in [-0.05, 0) is 37.1 Å². The molecule has 4 nitrogen and oxygen atoms in total. The molecule has 1 saturated heterocycles. The van der Waals surface area contributed by atoms with Gasteiger partial charge in [0.15, 0.2) is 0 Å². The zero-order valence-corrected chi connectivity index (χ0v) is 12.3. The molecule has 3 heterocycles. The Morgan fingerprint density at radius 2 is 2.00 bits per heavy atom. The lowest BCUT2D eigenvalue weighted by molar-refractivity contribution is -0.137. The molecule has 0 spiro atoms. The highest BCUT2D eigenvalue weighted by molar-refractivity contribution is 5.48. The lowest BCUT2D eigenvalue weighted by atomic mass is 10.1. The van der Waals surface area contributed by atoms with Crippen molar-refractivity contribution in [3.63, 3.8) is 0 Å². The number of hydrogen-bond donors (Lipinski definition) is 0. The largest absolute Gasteiger partial charge is 0.487 e. The topological polar surface area (TPSA) is 38.2 Å². The number of ether oxygens (including phenoxy) is 1. The van der Waals surface area contributed by atoms with Gasteiger partial charge in [0.25, 0.3) is 0 Å². The van der Waals surface area contributed by atoms with Crippen molar-refractivity contribution in [3.8, 4) is 5.75 Å². The van der Waals surface area contributed by atoms with Crippen LogP contribution in [-0.4, -0.2) is 29.2 Å². The van der Waals surface area contributed by atoms with Crippen LogP contribution in [-0.2, 0) is 6.18 Å². The molecular weight excluding hydrogens is 307 g/mol. The molecule has 1 aliphatic rings. The Bertz CT molecular complexity index is 649. The van der Waals surface area contributed by atoms with Crippen LogP contribution in [0.25, 0.3) is 0 Å². The molecule has 0 N–H and O–H groups in total. The van der Waals surface area contributed by atoms with Gasteiger partial charge < -0.3 is 9.64 Å². The smallest absolute Gasteiger partial charge is 0.419 e. The lowest BCUT2D eigenvalue weighted by Crippen LogP contribution is -2.42. The van der Waals surface area contributed by atoms with E-state index >= 15 is 0 Å². The molecule has 0 aliphatic carbocycles. The van der Waals surface area contributed by atoms with E-state index in [0.717, 1.165) is 18.9 Å². The molecule has 0 bridgehead atoms. The van der Waals surface area contributed by atoms with Crippen molar-refractivity contribution >= 4 is 5.82 Å². The van der Waals surface area contributed by atoms with E-state index in [1.165, 1.54) is 12.3 Å². The van der Waals surface area contributed by atoms with E-state index in [2.05, 4.69) is 9.97 Å². The van der Waals surface area contributed by atoms with E-state index in [-0.39, 0.29) is 11.9 Å². The summed E-state index contributed by atoms with van der Waals surface area (Å²) in [5.74, 6) is 0.593. The minimum atomic E-state index is -4.42. The fraction of sp³-hybridized carbons (Fsp3) is 0.375. The molecule has 2 aromatic rings. The summed E-state index contributed by atoms with van der Waals surface area (Å²) in [5.41, 5.74) is -0.706. The van der Waals surface area contributed by atoms with E-state index in [9.17, 15) is 13.2 Å². The molecule has 0 saturated carbocycles. The second kappa shape index (κ2) is 6.44. The third kappa shape index (κ3) is 3.72. The summed E-state index contributed by atoms with van der Waals surface area (Å²) in [5, 5.41) is 0. The highest BCUT2D eigenvalue weighted by Crippen LogP contribution is 2.36. The average Bonchev–Trinajstić information content (AvgIpc) is 2.55. The number of halogens is 3. The van der Waals surface area contributed by atoms with E-state index in [0.29, 0.717) is 18.8 Å². The van der Waals surface area contributed by atoms with E-state index in [4.69, 9.17) is 4.74 Å². The number of nitrogens with zero attached hydrogens (tertiary/aromatic N) is 3. The monoisotopic (exact) mass is 323 g/mol. The summed E-state index contributed by atoms with van der Waals surface area (Å²) in [4.78, 5) is 9.57. The third-order valence-electron chi connectivity index (χ3n) is 3.71. The molecule has 1 aliphatic heterocycles. The first kappa shape index (κ1) is 15.6. The Hall–Kier alpha value is -2.31. The van der Waals surface area contributed by atoms with Gasteiger partial charge in [-0.2, -0.15) is 13.2 Å². The van der Waals surface area contributed by atoms with Crippen LogP contribution in [0.15, 0.2) is 42.9 Å². The number of pyridine rings is 2. The Balaban J connectivity index is 1.77. The van der Waals surface area contributed by atoms with Crippen molar-refractivity contribution in [2.45, 2.75) is 25.1 Å². The van der Waals surface area contributed by atoms with Crippen LogP contribution in [0.5, 0.6) is 5.75 Å². The first-order valence-corrected chi connectivity index (χ1v) is 7.38. The number of alkyl halides is 3. The quantitative estimate of drug-likeness (QED) is 0.866. The fourth-order valence-electron chi connectivity index (χ4n) is 2.71. The summed E-state index contributed by atoms with van der Waals surface area (Å²) in [7, 11) is 0. The molecule has 7 heteroatoms. The SMILES string of the molecule is FC(F)(F)c1cccnc1N1CCCC(Oc2cccnc2)C1. The number of aromatic nitrogens is 2. The first-order chi connectivity index (χ1) is 11.0. The summed E-state index contributed by atoms with van der Waals surface area (Å²) >= 11 is 0. The predicted molar refractivity (Wildman–Crippen MR) is 79.3 cm³/mol. The van der Waals surface area contributed by atoms with Crippen LogP contribution in [0.3, 0.4) is 0 Å². The van der Waals surface area contributed by atoms with Crippen molar-refractivity contribution in [2.75, 3.05) is 18.0 Å². The minimum Gasteiger partial charge on any atom is -0.487 e. The maximum absolute atomic E-state index is 13.1. The number of rotatable bonds is 3. The molecule has 23 heavy (non-hydrogen) atoms. The summed E-state index contributed by atoms with van der Waals surface area (Å²) in [6, 6.07) is 5.91. The molecular formula is C16H16F3N3O. The van der Waals surface area contributed by atoms with Crippen LogP contribution >= 0.6 is 0 Å². The van der Waals surface area contributed by atoms with E-state index < -0.39 is 11.7 Å². The Labute approximate surface area is 131 Å². The van der Waals surface area contributed by atoms with Crippen molar-refractivity contribution in [1.82, 2.24) is 9.97 Å². The molecule has 0 radical (unpaired) electrons. The minimum absolute atomic E-state index is 0.0283. The van der Waals surface area contributed by atoms with Crippen LogP contribution < -0.4 is 9.64 Å². The van der Waals surface area contributed by atoms with Gasteiger partial charge in [0.1, 0.15) is 17.7 Å². The Kier molecular flexibility index (Phi) is 4.36. The zero-order valence-electron chi connectivity index (χ0n) is 12.3. The molecule has 1 fully saturated rings. The third-order valence-corrected chi connectivity index (χ3v) is 3.71. The number of anilines is 1. The van der Waals surface area contributed by atoms with Gasteiger partial charge in [-0.1, -0.05) is 0 Å². The van der Waals surface area contributed by atoms with Gasteiger partial charge in [-0.25, -0.2) is 4.98 Å². The highest BCUT2D eigenvalue weighted by atomic mass is 19.4. The average molecular weight is 323 g/mol. The van der Waals surface area contributed by atoms with Gasteiger partial charge in [-0.15, -0.1) is 0 Å². The van der Waals surface area contributed by atoms with E-state index in [1.807, 2.05) is 0 Å². The number of hydrogen-bond acceptors (Lipinski definition) is 4. The van der Waals surface area contributed by atoms with Crippen molar-refractivity contribution in [1.29, 1.82) is 0 Å². The van der Waals surface area contributed by atoms with Crippen LogP contribution in [0, 0.1) is 0 Å². The molecule has 3 rings (SSSR count). The second-order valence-electron chi connectivity index (χ2n) is 5.39. The van der Waals surface area contributed by atoms with Crippen molar-refractivity contribution in [2.24, 2.45) is 0 Å². The van der Waals surface area contributed by atoms with Crippen LogP contribution in [0.2, 0.25) is 0 Å². The summed E-state index contributed by atoms with van der Waals surface area (Å²) < 4.78 is 45.2. The molecule has 0 aromatic carbocycles. The van der Waals surface area contributed by atoms with Gasteiger partial charge in [0.2, 0.25) is 0 Å². The molecule has 1 atom stereocenters. The van der Waals surface area contributed by atoms with Gasteiger partial charge in [-0.3, -0.25) is 4.98 Å². The lowest BCUT2D eigenvalue weighted by Gasteiger charge is -2.34. The Morgan fingerprint density at radius 3 is 2.74 bits per heavy atom. The maximum atomic E-state index is 13.1. The van der Waals surface area contributed by atoms with Gasteiger partial charge in [0, 0.05) is 18.9 Å². The Morgan fingerprint density at radius 1 is 1.17 bits per heavy atom. The normalized spacial score (nSPS) is 18.7. The van der Waals surface area contributed by atoms with E-state index in [1.54, 1.807) is 29.4 Å². The standard InChI is InChI=1S/C16H16F3N3O/c17-16(18,19)14-6-2-8-21-15(14)22-9-3-5-13(11-22)23-12-4-1-7-20-10-12/h1-2,4,6-8,10,13H,3,5,9,11H2. The summed E-state index contributed by atoms with van der Waals surface area (Å²) in [6.07, 6.45) is 1.57. The van der Waals surface area contributed by atoms with Gasteiger partial charge >= 0.3 is 6.18 Å². The van der Waals surface area contributed by atoms with Crippen LogP contribution in [0.4, 0.5) is 19.0 Å². The first-order valence-electron chi connectivity index (χ1n) is 7.38. The highest BCUT2D eigenvalue weighted by Gasteiger charge is 2.36. The van der Waals surface area contributed by atoms with Crippen molar-refractivity contribution in [3.05, 3.63) is 48.4 Å². The second-order valence-corrected chi connectivity index (χ2v) is 5.39. The molecule has 1 unspecified atom stereocenters. The molecule has 0 amide bonds. The van der Waals surface area contributed by atoms with Crippen LogP contribution in [0.1, 0.15) is 18.4 Å². The molecule has 2 aromatic heterocycles. The molecule has 122 valence electrons. The maximum Gasteiger partial charge on any atom is 0.419 e. The van der Waals surface area contributed by atoms with Gasteiger partial charge in [0.05, 0.1) is 18.3 Å². The zero-order chi connectivity index (χ0) is 16.3. The van der Waals surface area contributed by atoms with Crippen molar-refractivity contribution < 1.29 is 17.9 Å². The number of piperidine rings is 1.